The van der Waals surface area contributed by atoms with Crippen LogP contribution < -0.4 is 0 Å². The molecule has 2 nitrogen and oxygen atoms in total. The topological polar surface area (TPSA) is 23.5 Å². The van der Waals surface area contributed by atoms with Crippen LogP contribution in [-0.4, -0.2) is 28.7 Å². The highest BCUT2D eigenvalue weighted by Gasteiger charge is 2.46. The molecule has 2 heteroatoms. The third kappa shape index (κ3) is 2.15. The van der Waals surface area contributed by atoms with Crippen LogP contribution in [-0.2, 0) is 0 Å². The Labute approximate surface area is 150 Å². The molecule has 0 radical (unpaired) electrons. The standard InChI is InChI=1S/C23H25NO/c1-2-23(25)14-16-8-7-10-18-21-12-5-6-13-24(21)15-19(22(16)18)17-9-3-4-11-20(17)23/h1,3,5-6,9,12,18,20,25H,4,7-8,10-11,13-15H2. The molecule has 0 bridgehead atoms. The van der Waals surface area contributed by atoms with Crippen LogP contribution in [0, 0.1) is 24.2 Å². The van der Waals surface area contributed by atoms with E-state index in [0.717, 1.165) is 32.4 Å². The van der Waals surface area contributed by atoms with Gasteiger partial charge in [0.15, 0.2) is 0 Å². The Kier molecular flexibility index (Phi) is 3.37. The molecule has 0 spiro atoms. The first-order valence-electron chi connectivity index (χ1n) is 9.65. The van der Waals surface area contributed by atoms with Gasteiger partial charge in [0.25, 0.3) is 0 Å². The van der Waals surface area contributed by atoms with Crippen molar-refractivity contribution >= 4 is 0 Å². The summed E-state index contributed by atoms with van der Waals surface area (Å²) >= 11 is 0. The molecule has 128 valence electrons. The molecule has 0 aromatic carbocycles. The van der Waals surface area contributed by atoms with Crippen molar-refractivity contribution in [1.82, 2.24) is 4.90 Å². The minimum absolute atomic E-state index is 0.0783. The minimum atomic E-state index is -1.03. The van der Waals surface area contributed by atoms with E-state index in [9.17, 15) is 5.11 Å². The summed E-state index contributed by atoms with van der Waals surface area (Å²) in [4.78, 5) is 2.53. The molecule has 3 aliphatic carbocycles. The fraction of sp³-hybridized carbons (Fsp3) is 0.478. The molecule has 1 saturated heterocycles. The monoisotopic (exact) mass is 331 g/mol. The van der Waals surface area contributed by atoms with Gasteiger partial charge >= 0.3 is 0 Å². The van der Waals surface area contributed by atoms with E-state index in [1.165, 1.54) is 40.8 Å². The normalized spacial score (nSPS) is 36.2. The molecule has 2 heterocycles. The predicted octanol–water partition coefficient (Wildman–Crippen LogP) is 3.88. The molecule has 3 unspecified atom stereocenters. The first kappa shape index (κ1) is 15.3. The third-order valence-corrected chi connectivity index (χ3v) is 6.78. The summed E-state index contributed by atoms with van der Waals surface area (Å²) < 4.78 is 0. The van der Waals surface area contributed by atoms with Crippen LogP contribution in [0.3, 0.4) is 0 Å². The lowest BCUT2D eigenvalue weighted by atomic mass is 9.72. The SMILES string of the molecule is C#CC1(O)CC2=C3C(=C4C=CCCC41)CN1CC=CC=C1C3CCC2. The van der Waals surface area contributed by atoms with Crippen LogP contribution in [0.25, 0.3) is 0 Å². The molecule has 0 aromatic heterocycles. The van der Waals surface area contributed by atoms with E-state index < -0.39 is 5.60 Å². The second kappa shape index (κ2) is 5.51. The van der Waals surface area contributed by atoms with Gasteiger partial charge in [-0.3, -0.25) is 0 Å². The maximum absolute atomic E-state index is 11.4. The van der Waals surface area contributed by atoms with Crippen LogP contribution >= 0.6 is 0 Å². The van der Waals surface area contributed by atoms with Crippen LogP contribution in [0.2, 0.25) is 0 Å². The third-order valence-electron chi connectivity index (χ3n) is 6.78. The van der Waals surface area contributed by atoms with Crippen LogP contribution in [0.15, 0.2) is 58.4 Å². The summed E-state index contributed by atoms with van der Waals surface area (Å²) in [5.74, 6) is 3.37. The molecule has 25 heavy (non-hydrogen) atoms. The van der Waals surface area contributed by atoms with Crippen molar-refractivity contribution in [2.45, 2.75) is 44.1 Å². The molecule has 1 fully saturated rings. The summed E-state index contributed by atoms with van der Waals surface area (Å²) in [5, 5.41) is 11.4. The highest BCUT2D eigenvalue weighted by molar-refractivity contribution is 5.56. The van der Waals surface area contributed by atoms with Gasteiger partial charge in [-0.1, -0.05) is 35.8 Å². The predicted molar refractivity (Wildman–Crippen MR) is 100 cm³/mol. The van der Waals surface area contributed by atoms with Crippen molar-refractivity contribution in [1.29, 1.82) is 0 Å². The average molecular weight is 331 g/mol. The smallest absolute Gasteiger partial charge is 0.135 e. The Hall–Kier alpha value is -1.98. The lowest BCUT2D eigenvalue weighted by molar-refractivity contribution is 0.0500. The van der Waals surface area contributed by atoms with E-state index in [4.69, 9.17) is 6.42 Å². The van der Waals surface area contributed by atoms with E-state index in [1.807, 2.05) is 0 Å². The van der Waals surface area contributed by atoms with Gasteiger partial charge in [0.1, 0.15) is 5.60 Å². The Morgan fingerprint density at radius 2 is 2.20 bits per heavy atom. The number of allylic oxidation sites excluding steroid dienone is 5. The zero-order valence-electron chi connectivity index (χ0n) is 14.7. The first-order valence-corrected chi connectivity index (χ1v) is 9.65. The van der Waals surface area contributed by atoms with Crippen molar-refractivity contribution in [3.8, 4) is 12.3 Å². The van der Waals surface area contributed by atoms with Crippen LogP contribution in [0.1, 0.15) is 38.5 Å². The number of hydrogen-bond acceptors (Lipinski definition) is 2. The van der Waals surface area contributed by atoms with Gasteiger partial charge in [-0.05, 0) is 54.9 Å². The number of terminal acetylenes is 1. The van der Waals surface area contributed by atoms with Crippen molar-refractivity contribution in [3.63, 3.8) is 0 Å². The van der Waals surface area contributed by atoms with Crippen molar-refractivity contribution in [3.05, 3.63) is 58.4 Å². The fourth-order valence-corrected chi connectivity index (χ4v) is 5.68. The van der Waals surface area contributed by atoms with Gasteiger partial charge in [0, 0.05) is 37.0 Å². The number of aliphatic hydroxyl groups is 1. The maximum atomic E-state index is 11.4. The fourth-order valence-electron chi connectivity index (χ4n) is 5.68. The van der Waals surface area contributed by atoms with Crippen LogP contribution in [0.4, 0.5) is 0 Å². The Morgan fingerprint density at radius 1 is 1.28 bits per heavy atom. The first-order chi connectivity index (χ1) is 12.2. The quantitative estimate of drug-likeness (QED) is 0.681. The van der Waals surface area contributed by atoms with Crippen molar-refractivity contribution in [2.75, 3.05) is 13.1 Å². The van der Waals surface area contributed by atoms with Gasteiger partial charge in [-0.2, -0.15) is 0 Å². The zero-order valence-corrected chi connectivity index (χ0v) is 14.7. The lowest BCUT2D eigenvalue weighted by Crippen LogP contribution is -2.39. The van der Waals surface area contributed by atoms with E-state index in [2.05, 4.69) is 41.2 Å². The highest BCUT2D eigenvalue weighted by atomic mass is 16.3. The summed E-state index contributed by atoms with van der Waals surface area (Å²) in [5.41, 5.74) is 6.19. The molecule has 1 N–H and O–H groups in total. The molecule has 0 aromatic rings. The number of nitrogens with zero attached hydrogens (tertiary/aromatic N) is 1. The van der Waals surface area contributed by atoms with Gasteiger partial charge in [-0.25, -0.2) is 0 Å². The molecular formula is C23H25NO. The molecule has 0 saturated carbocycles. The second-order valence-corrected chi connectivity index (χ2v) is 8.07. The molecule has 5 rings (SSSR count). The lowest BCUT2D eigenvalue weighted by Gasteiger charge is -2.44. The number of piperidine rings is 1. The Balaban J connectivity index is 1.76. The molecule has 3 atom stereocenters. The van der Waals surface area contributed by atoms with E-state index >= 15 is 0 Å². The van der Waals surface area contributed by atoms with Gasteiger partial charge in [0.2, 0.25) is 0 Å². The van der Waals surface area contributed by atoms with E-state index in [-0.39, 0.29) is 5.92 Å². The average Bonchev–Trinajstić information content (AvgIpc) is 2.77. The number of fused-ring (bicyclic) bond motifs is 3. The summed E-state index contributed by atoms with van der Waals surface area (Å²) in [6, 6.07) is 0. The zero-order chi connectivity index (χ0) is 17.0. The van der Waals surface area contributed by atoms with Gasteiger partial charge < -0.3 is 10.0 Å². The van der Waals surface area contributed by atoms with Crippen LogP contribution in [0.5, 0.6) is 0 Å². The summed E-state index contributed by atoms with van der Waals surface area (Å²) in [6.07, 6.45) is 23.3. The van der Waals surface area contributed by atoms with Crippen molar-refractivity contribution < 1.29 is 5.11 Å². The van der Waals surface area contributed by atoms with E-state index in [0.29, 0.717) is 12.3 Å². The molecular weight excluding hydrogens is 306 g/mol. The van der Waals surface area contributed by atoms with Gasteiger partial charge in [0.05, 0.1) is 0 Å². The number of hydrogen-bond donors (Lipinski definition) is 1. The maximum Gasteiger partial charge on any atom is 0.135 e. The van der Waals surface area contributed by atoms with Crippen molar-refractivity contribution in [2.24, 2.45) is 11.8 Å². The van der Waals surface area contributed by atoms with Gasteiger partial charge in [-0.15, -0.1) is 6.42 Å². The largest absolute Gasteiger partial charge is 0.377 e. The highest BCUT2D eigenvalue weighted by Crippen LogP contribution is 2.52. The molecule has 0 amide bonds. The second-order valence-electron chi connectivity index (χ2n) is 8.07. The number of rotatable bonds is 0. The Morgan fingerprint density at radius 3 is 3.08 bits per heavy atom. The Bertz CT molecular complexity index is 816. The summed E-state index contributed by atoms with van der Waals surface area (Å²) in [7, 11) is 0. The minimum Gasteiger partial charge on any atom is -0.377 e. The molecule has 2 aliphatic heterocycles. The van der Waals surface area contributed by atoms with E-state index in [1.54, 1.807) is 0 Å². The molecule has 5 aliphatic rings. The summed E-state index contributed by atoms with van der Waals surface area (Å²) in [6.45, 7) is 1.96.